The van der Waals surface area contributed by atoms with Gasteiger partial charge in [0.1, 0.15) is 0 Å². The number of carbonyl (C=O) groups excluding carboxylic acids is 1. The first-order valence-electron chi connectivity index (χ1n) is 3.84. The van der Waals surface area contributed by atoms with Crippen LogP contribution in [-0.2, 0) is 9.53 Å². The molecule has 2 atom stereocenters. The molecule has 0 amide bonds. The van der Waals surface area contributed by atoms with Crippen molar-refractivity contribution >= 4 is 5.97 Å². The van der Waals surface area contributed by atoms with Gasteiger partial charge in [0.2, 0.25) is 0 Å². The number of rotatable bonds is 1. The molecule has 64 valence electrons. The lowest BCUT2D eigenvalue weighted by atomic mass is 9.93. The minimum absolute atomic E-state index is 0.278. The maximum Gasteiger partial charge on any atom is 0.310 e. The van der Waals surface area contributed by atoms with Crippen molar-refractivity contribution in [2.75, 3.05) is 7.11 Å². The molecular formula is C9H11NO2. The van der Waals surface area contributed by atoms with Gasteiger partial charge in [-0.25, -0.2) is 0 Å². The Morgan fingerprint density at radius 1 is 1.83 bits per heavy atom. The van der Waals surface area contributed by atoms with Gasteiger partial charge in [-0.1, -0.05) is 11.6 Å². The SMILES string of the molecule is COC(=O)C1CC=C(C)C1C#N. The van der Waals surface area contributed by atoms with E-state index in [1.165, 1.54) is 7.11 Å². The summed E-state index contributed by atoms with van der Waals surface area (Å²) in [5.74, 6) is -0.841. The minimum atomic E-state index is -0.283. The Labute approximate surface area is 71.6 Å². The van der Waals surface area contributed by atoms with Gasteiger partial charge in [-0.15, -0.1) is 0 Å². The zero-order chi connectivity index (χ0) is 9.14. The number of nitriles is 1. The topological polar surface area (TPSA) is 50.1 Å². The predicted molar refractivity (Wildman–Crippen MR) is 43.0 cm³/mol. The van der Waals surface area contributed by atoms with Crippen LogP contribution in [0, 0.1) is 23.2 Å². The van der Waals surface area contributed by atoms with Crippen molar-refractivity contribution in [2.24, 2.45) is 11.8 Å². The van der Waals surface area contributed by atoms with Crippen molar-refractivity contribution in [3.8, 4) is 6.07 Å². The molecule has 0 aliphatic heterocycles. The lowest BCUT2D eigenvalue weighted by Gasteiger charge is -2.11. The Bertz CT molecular complexity index is 262. The minimum Gasteiger partial charge on any atom is -0.469 e. The Kier molecular flexibility index (Phi) is 2.49. The van der Waals surface area contributed by atoms with Gasteiger partial charge < -0.3 is 4.74 Å². The van der Waals surface area contributed by atoms with Gasteiger partial charge in [0.15, 0.2) is 0 Å². The van der Waals surface area contributed by atoms with E-state index in [1.807, 2.05) is 13.0 Å². The molecule has 0 saturated heterocycles. The third-order valence-electron chi connectivity index (χ3n) is 2.23. The van der Waals surface area contributed by atoms with Crippen molar-refractivity contribution in [3.05, 3.63) is 11.6 Å². The molecule has 3 heteroatoms. The average Bonchev–Trinajstić information content (AvgIpc) is 2.45. The number of hydrogen-bond acceptors (Lipinski definition) is 3. The first-order chi connectivity index (χ1) is 5.70. The summed E-state index contributed by atoms with van der Waals surface area (Å²) in [6, 6.07) is 2.11. The van der Waals surface area contributed by atoms with Crippen LogP contribution in [0.2, 0.25) is 0 Å². The molecule has 0 aromatic heterocycles. The highest BCUT2D eigenvalue weighted by Gasteiger charge is 2.33. The van der Waals surface area contributed by atoms with Gasteiger partial charge in [-0.3, -0.25) is 4.79 Å². The normalized spacial score (nSPS) is 27.6. The molecular weight excluding hydrogens is 154 g/mol. The van der Waals surface area contributed by atoms with E-state index in [2.05, 4.69) is 10.8 Å². The largest absolute Gasteiger partial charge is 0.469 e. The third kappa shape index (κ3) is 1.33. The highest BCUT2D eigenvalue weighted by Crippen LogP contribution is 2.31. The predicted octanol–water partition coefficient (Wildman–Crippen LogP) is 1.27. The summed E-state index contributed by atoms with van der Waals surface area (Å²) in [7, 11) is 1.35. The fourth-order valence-corrected chi connectivity index (χ4v) is 1.47. The van der Waals surface area contributed by atoms with E-state index in [9.17, 15) is 4.79 Å². The number of carbonyl (C=O) groups is 1. The molecule has 0 spiro atoms. The number of esters is 1. The van der Waals surface area contributed by atoms with Crippen LogP contribution in [0.5, 0.6) is 0 Å². The van der Waals surface area contributed by atoms with Crippen molar-refractivity contribution in [3.63, 3.8) is 0 Å². The monoisotopic (exact) mass is 165 g/mol. The summed E-state index contributed by atoms with van der Waals surface area (Å²) < 4.78 is 4.59. The molecule has 1 aliphatic rings. The number of ether oxygens (including phenoxy) is 1. The van der Waals surface area contributed by atoms with E-state index >= 15 is 0 Å². The molecule has 0 fully saturated rings. The van der Waals surface area contributed by atoms with E-state index in [0.717, 1.165) is 5.57 Å². The molecule has 0 heterocycles. The van der Waals surface area contributed by atoms with Gasteiger partial charge >= 0.3 is 5.97 Å². The van der Waals surface area contributed by atoms with Gasteiger partial charge in [0.05, 0.1) is 25.0 Å². The van der Waals surface area contributed by atoms with Crippen LogP contribution in [0.4, 0.5) is 0 Å². The Hall–Kier alpha value is -1.30. The van der Waals surface area contributed by atoms with E-state index in [0.29, 0.717) is 6.42 Å². The lowest BCUT2D eigenvalue weighted by Crippen LogP contribution is -2.20. The van der Waals surface area contributed by atoms with Gasteiger partial charge in [-0.05, 0) is 13.3 Å². The molecule has 0 saturated carbocycles. The number of hydrogen-bond donors (Lipinski definition) is 0. The number of allylic oxidation sites excluding steroid dienone is 2. The molecule has 2 unspecified atom stereocenters. The third-order valence-corrected chi connectivity index (χ3v) is 2.23. The second-order valence-corrected chi connectivity index (χ2v) is 2.92. The van der Waals surface area contributed by atoms with Crippen LogP contribution >= 0.6 is 0 Å². The number of methoxy groups -OCH3 is 1. The molecule has 0 radical (unpaired) electrons. The van der Waals surface area contributed by atoms with E-state index in [4.69, 9.17) is 5.26 Å². The standard InChI is InChI=1S/C9H11NO2/c1-6-3-4-7(8(6)5-10)9(11)12-2/h3,7-8H,4H2,1-2H3. The van der Waals surface area contributed by atoms with E-state index in [-0.39, 0.29) is 17.8 Å². The average molecular weight is 165 g/mol. The van der Waals surface area contributed by atoms with Crippen LogP contribution in [0.25, 0.3) is 0 Å². The van der Waals surface area contributed by atoms with Gasteiger partial charge in [0.25, 0.3) is 0 Å². The van der Waals surface area contributed by atoms with Crippen molar-refractivity contribution in [1.82, 2.24) is 0 Å². The first-order valence-corrected chi connectivity index (χ1v) is 3.84. The summed E-state index contributed by atoms with van der Waals surface area (Å²) in [6.45, 7) is 1.87. The van der Waals surface area contributed by atoms with E-state index in [1.54, 1.807) is 0 Å². The second kappa shape index (κ2) is 3.40. The second-order valence-electron chi connectivity index (χ2n) is 2.92. The van der Waals surface area contributed by atoms with Crippen molar-refractivity contribution in [1.29, 1.82) is 5.26 Å². The molecule has 0 aromatic rings. The molecule has 1 rings (SSSR count). The van der Waals surface area contributed by atoms with Crippen molar-refractivity contribution < 1.29 is 9.53 Å². The van der Waals surface area contributed by atoms with Crippen LogP contribution < -0.4 is 0 Å². The summed E-state index contributed by atoms with van der Waals surface area (Å²) in [4.78, 5) is 11.1. The molecule has 0 N–H and O–H groups in total. The zero-order valence-electron chi connectivity index (χ0n) is 7.20. The Morgan fingerprint density at radius 3 is 3.00 bits per heavy atom. The van der Waals surface area contributed by atoms with Crippen LogP contribution in [0.1, 0.15) is 13.3 Å². The number of nitrogens with zero attached hydrogens (tertiary/aromatic N) is 1. The smallest absolute Gasteiger partial charge is 0.310 e. The maximum absolute atomic E-state index is 11.1. The fraction of sp³-hybridized carbons (Fsp3) is 0.556. The summed E-state index contributed by atoms with van der Waals surface area (Å²) in [5.41, 5.74) is 0.980. The van der Waals surface area contributed by atoms with E-state index < -0.39 is 0 Å². The maximum atomic E-state index is 11.1. The summed E-state index contributed by atoms with van der Waals surface area (Å²) in [5, 5.41) is 8.75. The Morgan fingerprint density at radius 2 is 2.50 bits per heavy atom. The first kappa shape index (κ1) is 8.79. The molecule has 0 aromatic carbocycles. The highest BCUT2D eigenvalue weighted by molar-refractivity contribution is 5.74. The van der Waals surface area contributed by atoms with Crippen LogP contribution in [0.15, 0.2) is 11.6 Å². The molecule has 3 nitrogen and oxygen atoms in total. The van der Waals surface area contributed by atoms with Gasteiger partial charge in [-0.2, -0.15) is 5.26 Å². The molecule has 12 heavy (non-hydrogen) atoms. The summed E-state index contributed by atoms with van der Waals surface area (Å²) >= 11 is 0. The highest BCUT2D eigenvalue weighted by atomic mass is 16.5. The molecule has 1 aliphatic carbocycles. The zero-order valence-corrected chi connectivity index (χ0v) is 7.20. The van der Waals surface area contributed by atoms with Gasteiger partial charge in [0, 0.05) is 0 Å². The Balaban J connectivity index is 2.74. The van der Waals surface area contributed by atoms with Crippen LogP contribution in [-0.4, -0.2) is 13.1 Å². The molecule has 0 bridgehead atoms. The quantitative estimate of drug-likeness (QED) is 0.434. The van der Waals surface area contributed by atoms with Crippen molar-refractivity contribution in [2.45, 2.75) is 13.3 Å². The fourth-order valence-electron chi connectivity index (χ4n) is 1.47. The lowest BCUT2D eigenvalue weighted by molar-refractivity contribution is -0.145. The summed E-state index contributed by atoms with van der Waals surface area (Å²) in [6.07, 6.45) is 2.56. The van der Waals surface area contributed by atoms with Crippen LogP contribution in [0.3, 0.4) is 0 Å².